The van der Waals surface area contributed by atoms with Crippen molar-refractivity contribution < 1.29 is 13.9 Å². The first-order valence-corrected chi connectivity index (χ1v) is 6.76. The summed E-state index contributed by atoms with van der Waals surface area (Å²) in [4.78, 5) is 0. The molecule has 0 radical (unpaired) electrons. The molecule has 1 atom stereocenters. The van der Waals surface area contributed by atoms with Crippen LogP contribution in [0.4, 0.5) is 4.39 Å². The number of aryl methyl sites for hydroxylation is 1. The lowest BCUT2D eigenvalue weighted by Crippen LogP contribution is -2.19. The van der Waals surface area contributed by atoms with Gasteiger partial charge in [0.15, 0.2) is 0 Å². The molecule has 0 aromatic heterocycles. The maximum absolute atomic E-state index is 13.5. The van der Waals surface area contributed by atoms with Crippen LogP contribution in [-0.4, -0.2) is 21.3 Å². The van der Waals surface area contributed by atoms with Gasteiger partial charge in [-0.05, 0) is 43.3 Å². The van der Waals surface area contributed by atoms with Gasteiger partial charge in [0.1, 0.15) is 17.3 Å². The number of hydrogen-bond acceptors (Lipinski definition) is 3. The molecule has 21 heavy (non-hydrogen) atoms. The lowest BCUT2D eigenvalue weighted by atomic mass is 9.95. The number of hydrogen-bond donors (Lipinski definition) is 1. The van der Waals surface area contributed by atoms with Crippen LogP contribution >= 0.6 is 0 Å². The fourth-order valence-electron chi connectivity index (χ4n) is 2.49. The van der Waals surface area contributed by atoms with Gasteiger partial charge >= 0.3 is 0 Å². The molecular weight excluding hydrogens is 269 g/mol. The van der Waals surface area contributed by atoms with E-state index >= 15 is 0 Å². The van der Waals surface area contributed by atoms with Gasteiger partial charge in [0.2, 0.25) is 0 Å². The van der Waals surface area contributed by atoms with E-state index in [1.807, 2.05) is 31.3 Å². The van der Waals surface area contributed by atoms with Gasteiger partial charge in [0.25, 0.3) is 0 Å². The second-order valence-electron chi connectivity index (χ2n) is 4.81. The van der Waals surface area contributed by atoms with Gasteiger partial charge in [-0.3, -0.25) is 0 Å². The van der Waals surface area contributed by atoms with Gasteiger partial charge in [-0.1, -0.05) is 18.2 Å². The summed E-state index contributed by atoms with van der Waals surface area (Å²) in [7, 11) is 5.11. The number of methoxy groups -OCH3 is 2. The van der Waals surface area contributed by atoms with Crippen molar-refractivity contribution >= 4 is 0 Å². The quantitative estimate of drug-likeness (QED) is 0.914. The van der Waals surface area contributed by atoms with Crippen LogP contribution in [0.15, 0.2) is 36.4 Å². The summed E-state index contributed by atoms with van der Waals surface area (Å²) in [6.07, 6.45) is 0. The number of nitrogens with one attached hydrogen (secondary N) is 1. The van der Waals surface area contributed by atoms with E-state index in [9.17, 15) is 4.39 Å². The Morgan fingerprint density at radius 2 is 1.67 bits per heavy atom. The van der Waals surface area contributed by atoms with E-state index in [0.29, 0.717) is 5.56 Å². The second kappa shape index (κ2) is 6.59. The summed E-state index contributed by atoms with van der Waals surface area (Å²) in [5.41, 5.74) is 2.47. The average molecular weight is 289 g/mol. The molecular formula is C17H20FNO2. The Bertz CT molecular complexity index is 606. The first kappa shape index (κ1) is 15.3. The van der Waals surface area contributed by atoms with Crippen LogP contribution in [0, 0.1) is 12.7 Å². The maximum Gasteiger partial charge on any atom is 0.127 e. The van der Waals surface area contributed by atoms with E-state index in [1.165, 1.54) is 6.07 Å². The Morgan fingerprint density at radius 3 is 2.14 bits per heavy atom. The van der Waals surface area contributed by atoms with Crippen molar-refractivity contribution in [2.24, 2.45) is 0 Å². The Hall–Kier alpha value is -2.07. The van der Waals surface area contributed by atoms with Crippen molar-refractivity contribution in [1.29, 1.82) is 0 Å². The summed E-state index contributed by atoms with van der Waals surface area (Å²) in [5, 5.41) is 3.25. The largest absolute Gasteiger partial charge is 0.496 e. The number of benzene rings is 2. The SMILES string of the molecule is CNC(c1ccc(F)c(C)c1)c1c(OC)cccc1OC. The highest BCUT2D eigenvalue weighted by molar-refractivity contribution is 5.51. The Morgan fingerprint density at radius 1 is 1.05 bits per heavy atom. The van der Waals surface area contributed by atoms with Crippen molar-refractivity contribution in [3.8, 4) is 11.5 Å². The zero-order valence-corrected chi connectivity index (χ0v) is 12.7. The molecule has 0 saturated heterocycles. The van der Waals surface area contributed by atoms with Crippen LogP contribution in [0.5, 0.6) is 11.5 Å². The summed E-state index contributed by atoms with van der Waals surface area (Å²) in [5.74, 6) is 1.26. The van der Waals surface area contributed by atoms with Crippen LogP contribution < -0.4 is 14.8 Å². The lowest BCUT2D eigenvalue weighted by molar-refractivity contribution is 0.378. The molecule has 1 N–H and O–H groups in total. The van der Waals surface area contributed by atoms with E-state index < -0.39 is 0 Å². The van der Waals surface area contributed by atoms with Gasteiger partial charge in [0.05, 0.1) is 25.8 Å². The molecule has 0 aliphatic heterocycles. The van der Waals surface area contributed by atoms with Crippen molar-refractivity contribution in [3.05, 3.63) is 58.9 Å². The van der Waals surface area contributed by atoms with Crippen molar-refractivity contribution in [1.82, 2.24) is 5.32 Å². The lowest BCUT2D eigenvalue weighted by Gasteiger charge is -2.22. The Kier molecular flexibility index (Phi) is 4.81. The predicted molar refractivity (Wildman–Crippen MR) is 81.6 cm³/mol. The molecule has 112 valence electrons. The summed E-state index contributed by atoms with van der Waals surface area (Å²) >= 11 is 0. The van der Waals surface area contributed by atoms with Crippen LogP contribution in [0.3, 0.4) is 0 Å². The highest BCUT2D eigenvalue weighted by atomic mass is 19.1. The minimum absolute atomic E-state index is 0.143. The third-order valence-electron chi connectivity index (χ3n) is 3.56. The minimum atomic E-state index is -0.208. The topological polar surface area (TPSA) is 30.5 Å². The van der Waals surface area contributed by atoms with Gasteiger partial charge in [-0.25, -0.2) is 4.39 Å². The standard InChI is InChI=1S/C17H20FNO2/c1-11-10-12(8-9-13(11)18)17(19-2)16-14(20-3)6-5-7-15(16)21-4/h5-10,17,19H,1-4H3. The van der Waals surface area contributed by atoms with Crippen LogP contribution in [0.2, 0.25) is 0 Å². The highest BCUT2D eigenvalue weighted by Gasteiger charge is 2.21. The molecule has 4 heteroatoms. The van der Waals surface area contributed by atoms with Crippen molar-refractivity contribution in [3.63, 3.8) is 0 Å². The molecule has 0 saturated carbocycles. The zero-order valence-electron chi connectivity index (χ0n) is 12.7. The van der Waals surface area contributed by atoms with E-state index in [0.717, 1.165) is 22.6 Å². The summed E-state index contributed by atoms with van der Waals surface area (Å²) < 4.78 is 24.4. The number of ether oxygens (including phenoxy) is 2. The first-order valence-electron chi connectivity index (χ1n) is 6.76. The molecule has 3 nitrogen and oxygen atoms in total. The van der Waals surface area contributed by atoms with E-state index in [-0.39, 0.29) is 11.9 Å². The third-order valence-corrected chi connectivity index (χ3v) is 3.56. The van der Waals surface area contributed by atoms with Crippen molar-refractivity contribution in [2.45, 2.75) is 13.0 Å². The molecule has 1 unspecified atom stereocenters. The first-order chi connectivity index (χ1) is 10.1. The molecule has 2 aromatic rings. The van der Waals surface area contributed by atoms with Crippen LogP contribution in [0.25, 0.3) is 0 Å². The molecule has 0 amide bonds. The molecule has 0 spiro atoms. The zero-order chi connectivity index (χ0) is 15.4. The van der Waals surface area contributed by atoms with E-state index in [4.69, 9.17) is 9.47 Å². The Balaban J connectivity index is 2.57. The van der Waals surface area contributed by atoms with Gasteiger partial charge in [0, 0.05) is 0 Å². The van der Waals surface area contributed by atoms with Crippen LogP contribution in [0.1, 0.15) is 22.7 Å². The molecule has 0 aliphatic rings. The van der Waals surface area contributed by atoms with E-state index in [1.54, 1.807) is 27.2 Å². The predicted octanol–water partition coefficient (Wildman–Crippen LogP) is 3.46. The highest BCUT2D eigenvalue weighted by Crippen LogP contribution is 2.37. The average Bonchev–Trinajstić information content (AvgIpc) is 2.51. The molecule has 0 fully saturated rings. The second-order valence-corrected chi connectivity index (χ2v) is 4.81. The van der Waals surface area contributed by atoms with Crippen LogP contribution in [-0.2, 0) is 0 Å². The van der Waals surface area contributed by atoms with Gasteiger partial charge in [-0.2, -0.15) is 0 Å². The van der Waals surface area contributed by atoms with Gasteiger partial charge in [-0.15, -0.1) is 0 Å². The molecule has 2 rings (SSSR count). The third kappa shape index (κ3) is 3.00. The van der Waals surface area contributed by atoms with Crippen molar-refractivity contribution in [2.75, 3.05) is 21.3 Å². The molecule has 0 aliphatic carbocycles. The number of halogens is 1. The fraction of sp³-hybridized carbons (Fsp3) is 0.294. The molecule has 0 heterocycles. The van der Waals surface area contributed by atoms with E-state index in [2.05, 4.69) is 5.32 Å². The fourth-order valence-corrected chi connectivity index (χ4v) is 2.49. The minimum Gasteiger partial charge on any atom is -0.496 e. The Labute approximate surface area is 124 Å². The summed E-state index contributed by atoms with van der Waals surface area (Å²) in [6.45, 7) is 1.75. The molecule has 2 aromatic carbocycles. The monoisotopic (exact) mass is 289 g/mol. The van der Waals surface area contributed by atoms with Gasteiger partial charge < -0.3 is 14.8 Å². The maximum atomic E-state index is 13.5. The smallest absolute Gasteiger partial charge is 0.127 e. The molecule has 0 bridgehead atoms. The number of rotatable bonds is 5. The normalized spacial score (nSPS) is 12.0. The summed E-state index contributed by atoms with van der Waals surface area (Å²) in [6, 6.07) is 10.6.